The highest BCUT2D eigenvalue weighted by molar-refractivity contribution is 9.10. The number of nitrogens with zero attached hydrogens (tertiary/aromatic N) is 2. The number of aryl methyl sites for hydroxylation is 1. The van der Waals surface area contributed by atoms with Crippen molar-refractivity contribution >= 4 is 25.8 Å². The minimum Gasteiger partial charge on any atom is -0.311 e. The van der Waals surface area contributed by atoms with Crippen LogP contribution in [0.4, 0.5) is 0 Å². The zero-order valence-corrected chi connectivity index (χ0v) is 13.0. The molecule has 1 saturated heterocycles. The van der Waals surface area contributed by atoms with E-state index in [4.69, 9.17) is 0 Å². The summed E-state index contributed by atoms with van der Waals surface area (Å²) in [7, 11) is -0.989. The minimum atomic E-state index is -2.86. The molecule has 2 rings (SSSR count). The zero-order valence-electron chi connectivity index (χ0n) is 10.6. The largest absolute Gasteiger partial charge is 0.311 e. The average Bonchev–Trinajstić information content (AvgIpc) is 2.85. The molecule has 2 heterocycles. The average molecular weight is 336 g/mol. The minimum absolute atomic E-state index is 0.0269. The van der Waals surface area contributed by atoms with Gasteiger partial charge >= 0.3 is 0 Å². The molecule has 18 heavy (non-hydrogen) atoms. The van der Waals surface area contributed by atoms with E-state index < -0.39 is 9.84 Å². The lowest BCUT2D eigenvalue weighted by molar-refractivity contribution is 0.389. The maximum Gasteiger partial charge on any atom is 0.150 e. The van der Waals surface area contributed by atoms with E-state index in [0.29, 0.717) is 5.75 Å². The van der Waals surface area contributed by atoms with Crippen molar-refractivity contribution in [1.29, 1.82) is 0 Å². The fourth-order valence-electron chi connectivity index (χ4n) is 2.62. The Kier molecular flexibility index (Phi) is 4.13. The molecule has 0 amide bonds. The van der Waals surface area contributed by atoms with Gasteiger partial charge in [0, 0.05) is 6.54 Å². The highest BCUT2D eigenvalue weighted by atomic mass is 79.9. The monoisotopic (exact) mass is 335 g/mol. The van der Waals surface area contributed by atoms with Gasteiger partial charge in [0.2, 0.25) is 0 Å². The Morgan fingerprint density at radius 1 is 1.67 bits per heavy atom. The van der Waals surface area contributed by atoms with Gasteiger partial charge in [-0.25, -0.2) is 8.42 Å². The summed E-state index contributed by atoms with van der Waals surface area (Å²) in [4.78, 5) is 0. The first kappa shape index (κ1) is 14.0. The first-order chi connectivity index (χ1) is 8.48. The Balaban J connectivity index is 2.31. The van der Waals surface area contributed by atoms with Crippen LogP contribution < -0.4 is 5.32 Å². The van der Waals surface area contributed by atoms with Crippen LogP contribution in [0.25, 0.3) is 0 Å². The molecule has 2 unspecified atom stereocenters. The molecule has 0 radical (unpaired) electrons. The molecule has 1 aliphatic heterocycles. The van der Waals surface area contributed by atoms with Crippen LogP contribution in [0, 0.1) is 5.92 Å². The van der Waals surface area contributed by atoms with E-state index in [9.17, 15) is 8.42 Å². The van der Waals surface area contributed by atoms with Crippen molar-refractivity contribution in [3.63, 3.8) is 0 Å². The molecular formula is C11H18BrN3O2S. The lowest BCUT2D eigenvalue weighted by atomic mass is 9.96. The summed E-state index contributed by atoms with van der Waals surface area (Å²) in [5.74, 6) is 0.686. The smallest absolute Gasteiger partial charge is 0.150 e. The third-order valence-corrected chi connectivity index (χ3v) is 5.88. The second-order valence-corrected chi connectivity index (χ2v) is 7.71. The first-order valence-electron chi connectivity index (χ1n) is 6.07. The topological polar surface area (TPSA) is 64.0 Å². The maximum atomic E-state index is 11.6. The Labute approximate surface area is 116 Å². The molecule has 1 aromatic rings. The van der Waals surface area contributed by atoms with Gasteiger partial charge in [-0.1, -0.05) is 0 Å². The number of halogens is 1. The standard InChI is InChI=1S/C11H18BrN3O2S/c1-3-15-11(9(12)6-14-15)10(13-2)8-4-5-18(16,17)7-8/h6,8,10,13H,3-5,7H2,1-2H3. The fourth-order valence-corrected chi connectivity index (χ4v) is 5.00. The van der Waals surface area contributed by atoms with E-state index in [-0.39, 0.29) is 17.7 Å². The van der Waals surface area contributed by atoms with Crippen LogP contribution in [0.3, 0.4) is 0 Å². The number of aromatic nitrogens is 2. The number of rotatable bonds is 4. The summed E-state index contributed by atoms with van der Waals surface area (Å²) in [6.45, 7) is 2.81. The SMILES string of the molecule is CCn1ncc(Br)c1C(NC)C1CCS(=O)(=O)C1. The molecule has 1 N–H and O–H groups in total. The van der Waals surface area contributed by atoms with Crippen LogP contribution in [-0.2, 0) is 16.4 Å². The molecule has 0 saturated carbocycles. The van der Waals surface area contributed by atoms with Gasteiger partial charge in [-0.2, -0.15) is 5.10 Å². The lowest BCUT2D eigenvalue weighted by Crippen LogP contribution is -2.29. The summed E-state index contributed by atoms with van der Waals surface area (Å²) < 4.78 is 26.1. The Hall–Kier alpha value is -0.400. The van der Waals surface area contributed by atoms with Gasteiger partial charge in [0.15, 0.2) is 9.84 Å². The Morgan fingerprint density at radius 2 is 2.39 bits per heavy atom. The zero-order chi connectivity index (χ0) is 13.3. The second-order valence-electron chi connectivity index (χ2n) is 4.62. The molecular weight excluding hydrogens is 318 g/mol. The summed E-state index contributed by atoms with van der Waals surface area (Å²) in [6, 6.07) is 0.0269. The molecule has 0 aromatic carbocycles. The number of sulfone groups is 1. The van der Waals surface area contributed by atoms with Gasteiger partial charge in [0.25, 0.3) is 0 Å². The van der Waals surface area contributed by atoms with Crippen LogP contribution in [0.1, 0.15) is 25.1 Å². The predicted molar refractivity (Wildman–Crippen MR) is 74.2 cm³/mol. The molecule has 0 spiro atoms. The second kappa shape index (κ2) is 5.30. The summed E-state index contributed by atoms with van der Waals surface area (Å²) in [5, 5.41) is 7.54. The lowest BCUT2D eigenvalue weighted by Gasteiger charge is -2.23. The fraction of sp³-hybridized carbons (Fsp3) is 0.727. The normalized spacial score (nSPS) is 24.3. The van der Waals surface area contributed by atoms with Gasteiger partial charge in [0.05, 0.1) is 33.9 Å². The number of nitrogens with one attached hydrogen (secondary N) is 1. The van der Waals surface area contributed by atoms with E-state index in [1.54, 1.807) is 6.20 Å². The number of hydrogen-bond acceptors (Lipinski definition) is 4. The molecule has 1 aromatic heterocycles. The van der Waals surface area contributed by atoms with E-state index in [2.05, 4.69) is 26.3 Å². The maximum absolute atomic E-state index is 11.6. The molecule has 1 fully saturated rings. The van der Waals surface area contributed by atoms with Gasteiger partial charge in [-0.3, -0.25) is 4.68 Å². The molecule has 0 bridgehead atoms. The van der Waals surface area contributed by atoms with Crippen molar-refractivity contribution in [2.75, 3.05) is 18.6 Å². The van der Waals surface area contributed by atoms with Gasteiger partial charge < -0.3 is 5.32 Å². The van der Waals surface area contributed by atoms with Crippen molar-refractivity contribution in [3.8, 4) is 0 Å². The van der Waals surface area contributed by atoms with Crippen molar-refractivity contribution < 1.29 is 8.42 Å². The molecule has 1 aliphatic rings. The van der Waals surface area contributed by atoms with E-state index in [0.717, 1.165) is 23.1 Å². The highest BCUT2D eigenvalue weighted by Crippen LogP contribution is 2.34. The first-order valence-corrected chi connectivity index (χ1v) is 8.69. The van der Waals surface area contributed by atoms with Crippen molar-refractivity contribution in [2.24, 2.45) is 5.92 Å². The summed E-state index contributed by atoms with van der Waals surface area (Å²) in [5.41, 5.74) is 1.04. The van der Waals surface area contributed by atoms with Crippen LogP contribution in [0.15, 0.2) is 10.7 Å². The molecule has 0 aliphatic carbocycles. The van der Waals surface area contributed by atoms with Gasteiger partial charge in [-0.05, 0) is 42.2 Å². The van der Waals surface area contributed by atoms with Crippen LogP contribution in [-0.4, -0.2) is 36.8 Å². The number of hydrogen-bond donors (Lipinski definition) is 1. The molecule has 102 valence electrons. The van der Waals surface area contributed by atoms with E-state index >= 15 is 0 Å². The van der Waals surface area contributed by atoms with Crippen molar-refractivity contribution in [2.45, 2.75) is 25.9 Å². The van der Waals surface area contributed by atoms with Crippen molar-refractivity contribution in [1.82, 2.24) is 15.1 Å². The Bertz CT molecular complexity index is 526. The predicted octanol–water partition coefficient (Wildman–Crippen LogP) is 1.36. The van der Waals surface area contributed by atoms with Crippen LogP contribution in [0.5, 0.6) is 0 Å². The summed E-state index contributed by atoms with van der Waals surface area (Å²) in [6.07, 6.45) is 2.49. The van der Waals surface area contributed by atoms with Crippen molar-refractivity contribution in [3.05, 3.63) is 16.4 Å². The molecule has 5 nitrogen and oxygen atoms in total. The van der Waals surface area contributed by atoms with E-state index in [1.807, 2.05) is 18.7 Å². The molecule has 7 heteroatoms. The Morgan fingerprint density at radius 3 is 2.89 bits per heavy atom. The third-order valence-electron chi connectivity index (χ3n) is 3.48. The summed E-state index contributed by atoms with van der Waals surface area (Å²) >= 11 is 3.50. The van der Waals surface area contributed by atoms with E-state index in [1.165, 1.54) is 0 Å². The molecule has 2 atom stereocenters. The third kappa shape index (κ3) is 2.62. The highest BCUT2D eigenvalue weighted by Gasteiger charge is 2.36. The van der Waals surface area contributed by atoms with Crippen LogP contribution in [0.2, 0.25) is 0 Å². The van der Waals surface area contributed by atoms with Crippen LogP contribution >= 0.6 is 15.9 Å². The quantitative estimate of drug-likeness (QED) is 0.902. The van der Waals surface area contributed by atoms with Gasteiger partial charge in [0.1, 0.15) is 0 Å². The van der Waals surface area contributed by atoms with Gasteiger partial charge in [-0.15, -0.1) is 0 Å².